The van der Waals surface area contributed by atoms with E-state index in [0.717, 1.165) is 12.0 Å². The van der Waals surface area contributed by atoms with Crippen molar-refractivity contribution in [3.05, 3.63) is 35.9 Å². The van der Waals surface area contributed by atoms with Crippen molar-refractivity contribution in [1.29, 1.82) is 0 Å². The van der Waals surface area contributed by atoms with Gasteiger partial charge in [-0.05, 0) is 39.7 Å². The van der Waals surface area contributed by atoms with E-state index < -0.39 is 5.60 Å². The van der Waals surface area contributed by atoms with Crippen molar-refractivity contribution in [1.82, 2.24) is 10.2 Å². The Morgan fingerprint density at radius 2 is 1.96 bits per heavy atom. The molecule has 0 spiro atoms. The molecule has 2 N–H and O–H groups in total. The highest BCUT2D eigenvalue weighted by Crippen LogP contribution is 2.37. The van der Waals surface area contributed by atoms with Crippen molar-refractivity contribution in [2.45, 2.75) is 57.9 Å². The third-order valence-corrected chi connectivity index (χ3v) is 4.25. The van der Waals surface area contributed by atoms with E-state index in [9.17, 15) is 9.90 Å². The zero-order valence-electron chi connectivity index (χ0n) is 14.5. The van der Waals surface area contributed by atoms with Crippen LogP contribution >= 0.6 is 0 Å². The van der Waals surface area contributed by atoms with Gasteiger partial charge in [-0.15, -0.1) is 0 Å². The maximum atomic E-state index is 12.6. The molecule has 1 aliphatic rings. The standard InChI is InChI=1S/C18H28N2O3/c1-17(2)12-15(18(3,4)23-17)19-16(22)20(10-11-21)13-14-8-6-5-7-9-14/h5-9,15,21H,10-13H2,1-4H3,(H,19,22). The first-order chi connectivity index (χ1) is 10.7. The maximum Gasteiger partial charge on any atom is 0.318 e. The molecule has 2 amide bonds. The van der Waals surface area contributed by atoms with Crippen LogP contribution in [0.1, 0.15) is 39.7 Å². The molecule has 5 heteroatoms. The molecule has 0 aromatic heterocycles. The van der Waals surface area contributed by atoms with E-state index in [-0.39, 0.29) is 24.3 Å². The van der Waals surface area contributed by atoms with Crippen molar-refractivity contribution in [2.75, 3.05) is 13.2 Å². The quantitative estimate of drug-likeness (QED) is 0.876. The van der Waals surface area contributed by atoms with E-state index in [1.165, 1.54) is 0 Å². The predicted octanol–water partition coefficient (Wildman–Crippen LogP) is 2.54. The SMILES string of the molecule is CC1(C)CC(NC(=O)N(CCO)Cc2ccccc2)C(C)(C)O1. The van der Waals surface area contributed by atoms with Crippen molar-refractivity contribution in [2.24, 2.45) is 0 Å². The summed E-state index contributed by atoms with van der Waals surface area (Å²) < 4.78 is 6.03. The van der Waals surface area contributed by atoms with Crippen LogP contribution < -0.4 is 5.32 Å². The summed E-state index contributed by atoms with van der Waals surface area (Å²) in [6, 6.07) is 9.57. The van der Waals surface area contributed by atoms with Crippen LogP contribution in [-0.4, -0.2) is 46.4 Å². The van der Waals surface area contributed by atoms with Crippen molar-refractivity contribution >= 4 is 6.03 Å². The lowest BCUT2D eigenvalue weighted by Crippen LogP contribution is -2.51. The molecule has 1 aromatic carbocycles. The number of carbonyl (C=O) groups excluding carboxylic acids is 1. The molecule has 5 nitrogen and oxygen atoms in total. The molecule has 0 radical (unpaired) electrons. The number of carbonyl (C=O) groups is 1. The van der Waals surface area contributed by atoms with Crippen LogP contribution in [0.4, 0.5) is 4.79 Å². The highest BCUT2D eigenvalue weighted by molar-refractivity contribution is 5.74. The Morgan fingerprint density at radius 1 is 1.30 bits per heavy atom. The average molecular weight is 320 g/mol. The molecule has 1 unspecified atom stereocenters. The molecule has 1 heterocycles. The number of benzene rings is 1. The molecule has 1 aliphatic heterocycles. The van der Waals surface area contributed by atoms with Gasteiger partial charge in [-0.3, -0.25) is 0 Å². The number of aliphatic hydroxyl groups excluding tert-OH is 1. The number of amides is 2. The van der Waals surface area contributed by atoms with Gasteiger partial charge in [0.05, 0.1) is 23.9 Å². The zero-order valence-corrected chi connectivity index (χ0v) is 14.5. The Balaban J connectivity index is 2.04. The predicted molar refractivity (Wildman–Crippen MR) is 90.1 cm³/mol. The summed E-state index contributed by atoms with van der Waals surface area (Å²) in [5.74, 6) is 0. The number of rotatable bonds is 5. The van der Waals surface area contributed by atoms with Crippen molar-refractivity contribution in [3.63, 3.8) is 0 Å². The topological polar surface area (TPSA) is 61.8 Å². The third-order valence-electron chi connectivity index (χ3n) is 4.25. The Bertz CT molecular complexity index is 528. The molecule has 1 fully saturated rings. The van der Waals surface area contributed by atoms with Gasteiger partial charge in [-0.25, -0.2) is 4.79 Å². The number of aliphatic hydroxyl groups is 1. The second kappa shape index (κ2) is 6.89. The van der Waals surface area contributed by atoms with E-state index in [2.05, 4.69) is 5.32 Å². The molecule has 1 aromatic rings. The molecular formula is C18H28N2O3. The van der Waals surface area contributed by atoms with Gasteiger partial charge >= 0.3 is 6.03 Å². The Kier molecular flexibility index (Phi) is 5.32. The lowest BCUT2D eigenvalue weighted by Gasteiger charge is -2.30. The highest BCUT2D eigenvalue weighted by Gasteiger charge is 2.46. The maximum absolute atomic E-state index is 12.6. The fourth-order valence-electron chi connectivity index (χ4n) is 3.20. The van der Waals surface area contributed by atoms with Gasteiger partial charge < -0.3 is 20.1 Å². The summed E-state index contributed by atoms with van der Waals surface area (Å²) in [5.41, 5.74) is 0.387. The lowest BCUT2D eigenvalue weighted by molar-refractivity contribution is -0.0693. The van der Waals surface area contributed by atoms with Crippen LogP contribution in [0.5, 0.6) is 0 Å². The van der Waals surface area contributed by atoms with Crippen LogP contribution in [0.2, 0.25) is 0 Å². The second-order valence-corrected chi connectivity index (χ2v) is 7.30. The smallest absolute Gasteiger partial charge is 0.318 e. The van der Waals surface area contributed by atoms with E-state index in [4.69, 9.17) is 4.74 Å². The summed E-state index contributed by atoms with van der Waals surface area (Å²) in [6.07, 6.45) is 0.768. The van der Waals surface area contributed by atoms with Gasteiger partial charge in [0.2, 0.25) is 0 Å². The van der Waals surface area contributed by atoms with Crippen LogP contribution in [0.3, 0.4) is 0 Å². The normalized spacial score (nSPS) is 21.9. The lowest BCUT2D eigenvalue weighted by atomic mass is 9.94. The second-order valence-electron chi connectivity index (χ2n) is 7.30. The molecule has 2 rings (SSSR count). The molecule has 1 saturated heterocycles. The summed E-state index contributed by atoms with van der Waals surface area (Å²) >= 11 is 0. The van der Waals surface area contributed by atoms with E-state index in [1.54, 1.807) is 4.90 Å². The minimum atomic E-state index is -0.406. The molecule has 0 aliphatic carbocycles. The highest BCUT2D eigenvalue weighted by atomic mass is 16.5. The molecule has 128 valence electrons. The van der Waals surface area contributed by atoms with Gasteiger partial charge in [-0.1, -0.05) is 30.3 Å². The zero-order chi connectivity index (χ0) is 17.1. The summed E-state index contributed by atoms with van der Waals surface area (Å²) in [7, 11) is 0. The van der Waals surface area contributed by atoms with Gasteiger partial charge in [0.1, 0.15) is 0 Å². The molecule has 0 saturated carbocycles. The van der Waals surface area contributed by atoms with Crippen LogP contribution in [0.25, 0.3) is 0 Å². The number of nitrogens with one attached hydrogen (secondary N) is 1. The number of hydrogen-bond donors (Lipinski definition) is 2. The van der Waals surface area contributed by atoms with E-state index >= 15 is 0 Å². The van der Waals surface area contributed by atoms with Gasteiger partial charge in [0, 0.05) is 13.1 Å². The summed E-state index contributed by atoms with van der Waals surface area (Å²) in [6.45, 7) is 8.80. The number of hydrogen-bond acceptors (Lipinski definition) is 3. The van der Waals surface area contributed by atoms with E-state index in [1.807, 2.05) is 58.0 Å². The third kappa shape index (κ3) is 4.69. The van der Waals surface area contributed by atoms with Crippen molar-refractivity contribution < 1.29 is 14.6 Å². The van der Waals surface area contributed by atoms with Crippen LogP contribution in [-0.2, 0) is 11.3 Å². The monoisotopic (exact) mass is 320 g/mol. The molecule has 1 atom stereocenters. The first kappa shape index (κ1) is 17.8. The minimum Gasteiger partial charge on any atom is -0.395 e. The average Bonchev–Trinajstić information content (AvgIpc) is 2.66. The fourth-order valence-corrected chi connectivity index (χ4v) is 3.20. The largest absolute Gasteiger partial charge is 0.395 e. The molecule has 0 bridgehead atoms. The molecule has 23 heavy (non-hydrogen) atoms. The van der Waals surface area contributed by atoms with Crippen molar-refractivity contribution in [3.8, 4) is 0 Å². The first-order valence-electron chi connectivity index (χ1n) is 8.14. The van der Waals surface area contributed by atoms with Crippen LogP contribution in [0.15, 0.2) is 30.3 Å². The number of nitrogens with zero attached hydrogens (tertiary/aromatic N) is 1. The Labute approximate surface area is 138 Å². The van der Waals surface area contributed by atoms with Gasteiger partial charge in [-0.2, -0.15) is 0 Å². The first-order valence-corrected chi connectivity index (χ1v) is 8.14. The molecular weight excluding hydrogens is 292 g/mol. The summed E-state index contributed by atoms with van der Waals surface area (Å²) in [4.78, 5) is 14.3. The Hall–Kier alpha value is -1.59. The minimum absolute atomic E-state index is 0.0537. The number of ether oxygens (including phenoxy) is 1. The van der Waals surface area contributed by atoms with Crippen LogP contribution in [0, 0.1) is 0 Å². The van der Waals surface area contributed by atoms with E-state index in [0.29, 0.717) is 13.1 Å². The number of urea groups is 1. The van der Waals surface area contributed by atoms with Gasteiger partial charge in [0.15, 0.2) is 0 Å². The fraction of sp³-hybridized carbons (Fsp3) is 0.611. The Morgan fingerprint density at radius 3 is 2.48 bits per heavy atom. The van der Waals surface area contributed by atoms with Gasteiger partial charge in [0.25, 0.3) is 0 Å². The summed E-state index contributed by atoms with van der Waals surface area (Å²) in [5, 5.41) is 12.3.